The predicted octanol–water partition coefficient (Wildman–Crippen LogP) is -6.23. The summed E-state index contributed by atoms with van der Waals surface area (Å²) in [5, 5.41) is 14.8. The Morgan fingerprint density at radius 3 is 1.33 bits per heavy atom. The number of hydrogen-bond donors (Lipinski definition) is 0. The van der Waals surface area contributed by atoms with Gasteiger partial charge in [0.05, 0.1) is 5.09 Å². The van der Waals surface area contributed by atoms with Crippen LogP contribution in [-0.4, -0.2) is 5.09 Å². The second-order valence-corrected chi connectivity index (χ2v) is 0.224. The molecule has 6 heteroatoms. The Labute approximate surface area is 93.8 Å². The normalized spacial score (nSPS) is 4.00. The molecule has 0 aliphatic heterocycles. The van der Waals surface area contributed by atoms with Gasteiger partial charge in [-0.25, -0.2) is 0 Å². The third kappa shape index (κ3) is 47.3. The van der Waals surface area contributed by atoms with Crippen molar-refractivity contribution in [3.63, 3.8) is 0 Å². The fourth-order valence-electron chi connectivity index (χ4n) is 0. The average Bonchev–Trinajstić information content (AvgIpc) is 0.811. The molecule has 0 aliphatic carbocycles. The molecule has 0 fully saturated rings. The van der Waals surface area contributed by atoms with Crippen molar-refractivity contribution in [1.82, 2.24) is 0 Å². The van der Waals surface area contributed by atoms with Gasteiger partial charge in [0, 0.05) is 0 Å². The van der Waals surface area contributed by atoms with E-state index in [0.29, 0.717) is 0 Å². The van der Waals surface area contributed by atoms with E-state index in [9.17, 15) is 0 Å². The molecule has 0 aliphatic rings. The summed E-state index contributed by atoms with van der Waals surface area (Å²) in [5.41, 5.74) is 0. The molecule has 0 aromatic heterocycles. The van der Waals surface area contributed by atoms with Crippen molar-refractivity contribution in [2.45, 2.75) is 0 Å². The number of rotatable bonds is 0. The molecule has 32 valence electrons. The van der Waals surface area contributed by atoms with Gasteiger partial charge in [0.1, 0.15) is 0 Å². The zero-order chi connectivity index (χ0) is 3.58. The molecule has 0 aromatic rings. The fraction of sp³-hybridized carbons (Fsp3) is 0. The second-order valence-electron chi connectivity index (χ2n) is 0.224. The van der Waals surface area contributed by atoms with Crippen LogP contribution < -0.4 is 75.4 Å². The molecule has 0 spiro atoms. The van der Waals surface area contributed by atoms with Crippen molar-refractivity contribution in [1.29, 1.82) is 0 Å². The van der Waals surface area contributed by atoms with Crippen LogP contribution in [0.15, 0.2) is 0 Å². The smallest absolute Gasteiger partial charge is 1.00 e. The van der Waals surface area contributed by atoms with Gasteiger partial charge in [0.15, 0.2) is 0 Å². The summed E-state index contributed by atoms with van der Waals surface area (Å²) in [4.78, 5) is 8.25. The molecule has 0 saturated carbocycles. The van der Waals surface area contributed by atoms with Gasteiger partial charge in [-0.05, 0) is 0 Å². The molecule has 0 aromatic carbocycles. The first-order chi connectivity index (χ1) is 1.73. The van der Waals surface area contributed by atoms with Gasteiger partial charge in [0.2, 0.25) is 0 Å². The van der Waals surface area contributed by atoms with Crippen LogP contribution in [0.25, 0.3) is 0 Å². The summed E-state index contributed by atoms with van der Waals surface area (Å²) in [7, 11) is 0. The Kier molecular flexibility index (Phi) is 25.4. The van der Waals surface area contributed by atoms with E-state index in [1.54, 1.807) is 0 Å². The molecule has 4 nitrogen and oxygen atoms in total. The van der Waals surface area contributed by atoms with E-state index in [0.717, 1.165) is 0 Å². The van der Waals surface area contributed by atoms with Crippen molar-refractivity contribution in [3.05, 3.63) is 15.3 Å². The van der Waals surface area contributed by atoms with E-state index in [2.05, 4.69) is 0 Å². The molecule has 0 atom stereocenters. The molecule has 0 N–H and O–H groups in total. The van der Waals surface area contributed by atoms with Crippen LogP contribution >= 0.6 is 0 Å². The molecule has 0 heterocycles. The van der Waals surface area contributed by atoms with Crippen molar-refractivity contribution in [3.8, 4) is 0 Å². The van der Waals surface area contributed by atoms with Crippen molar-refractivity contribution in [2.75, 3.05) is 0 Å². The van der Waals surface area contributed by atoms with Crippen LogP contribution in [-0.2, 0) is 0 Å². The molecule has 0 unspecified atom stereocenters. The van der Waals surface area contributed by atoms with E-state index in [4.69, 9.17) is 15.3 Å². The third-order valence-electron chi connectivity index (χ3n) is 0. The standard InChI is InChI=1S/HI.K.NO3/c;;2-1(3)4/h1H;;/q;+1;-1/p-1. The quantitative estimate of drug-likeness (QED) is 0.179. The van der Waals surface area contributed by atoms with Crippen LogP contribution in [0.3, 0.4) is 0 Å². The Bertz CT molecular complexity index is 33.8. The molecule has 0 saturated heterocycles. The largest absolute Gasteiger partial charge is 1.00 e. The molecule has 0 rings (SSSR count). The van der Waals surface area contributed by atoms with Gasteiger partial charge in [0.25, 0.3) is 0 Å². The summed E-state index contributed by atoms with van der Waals surface area (Å²) in [6.45, 7) is 0. The molecule has 0 radical (unpaired) electrons. The van der Waals surface area contributed by atoms with Crippen LogP contribution in [0.1, 0.15) is 0 Å². The topological polar surface area (TPSA) is 66.2 Å². The monoisotopic (exact) mass is 228 g/mol. The fourth-order valence-corrected chi connectivity index (χ4v) is 0. The summed E-state index contributed by atoms with van der Waals surface area (Å²) in [6.07, 6.45) is 0. The first-order valence-electron chi connectivity index (χ1n) is 0.548. The zero-order valence-electron chi connectivity index (χ0n) is 3.05. The summed E-state index contributed by atoms with van der Waals surface area (Å²) in [6, 6.07) is 0. The van der Waals surface area contributed by atoms with E-state index >= 15 is 0 Å². The van der Waals surface area contributed by atoms with Crippen LogP contribution in [0.5, 0.6) is 0 Å². The van der Waals surface area contributed by atoms with Gasteiger partial charge in [-0.15, -0.1) is 0 Å². The minimum absolute atomic E-state index is 0. The van der Waals surface area contributed by atoms with Crippen molar-refractivity contribution >= 4 is 0 Å². The Balaban J connectivity index is -0.0000000450. The van der Waals surface area contributed by atoms with E-state index in [1.165, 1.54) is 0 Å². The number of halogens is 1. The maximum absolute atomic E-state index is 8.25. The summed E-state index contributed by atoms with van der Waals surface area (Å²) < 4.78 is 0. The van der Waals surface area contributed by atoms with Crippen LogP contribution in [0.4, 0.5) is 0 Å². The molecule has 0 amide bonds. The molecular weight excluding hydrogens is 228 g/mol. The average molecular weight is 228 g/mol. The first-order valence-corrected chi connectivity index (χ1v) is 0.548. The number of hydrogen-bond acceptors (Lipinski definition) is 3. The van der Waals surface area contributed by atoms with E-state index in [-0.39, 0.29) is 75.4 Å². The minimum Gasteiger partial charge on any atom is -1.00 e. The predicted molar refractivity (Wildman–Crippen MR) is 10.4 cm³/mol. The van der Waals surface area contributed by atoms with Crippen molar-refractivity contribution in [2.24, 2.45) is 0 Å². The third-order valence-corrected chi connectivity index (χ3v) is 0. The minimum atomic E-state index is -1.75. The molecular formula is IKNO3-. The van der Waals surface area contributed by atoms with E-state index < -0.39 is 5.09 Å². The van der Waals surface area contributed by atoms with Gasteiger partial charge < -0.3 is 39.3 Å². The van der Waals surface area contributed by atoms with E-state index in [1.807, 2.05) is 0 Å². The van der Waals surface area contributed by atoms with Gasteiger partial charge in [-0.1, -0.05) is 0 Å². The van der Waals surface area contributed by atoms with Gasteiger partial charge in [-0.2, -0.15) is 0 Å². The zero-order valence-corrected chi connectivity index (χ0v) is 8.33. The van der Waals surface area contributed by atoms with Crippen LogP contribution in [0, 0.1) is 15.3 Å². The Morgan fingerprint density at radius 2 is 1.33 bits per heavy atom. The van der Waals surface area contributed by atoms with Crippen LogP contribution in [0.2, 0.25) is 0 Å². The Morgan fingerprint density at radius 1 is 1.33 bits per heavy atom. The summed E-state index contributed by atoms with van der Waals surface area (Å²) in [5.74, 6) is 0. The SMILES string of the molecule is O=[N+]([O-])[O-].[I-].[K+]. The molecule has 6 heavy (non-hydrogen) atoms. The molecule has 0 bridgehead atoms. The Hall–Kier alpha value is 1.57. The summed E-state index contributed by atoms with van der Waals surface area (Å²) >= 11 is 0. The number of nitrogens with zero attached hydrogens (tertiary/aromatic N) is 1. The second kappa shape index (κ2) is 9.76. The van der Waals surface area contributed by atoms with Crippen molar-refractivity contribution < 1.29 is 80.4 Å². The van der Waals surface area contributed by atoms with Gasteiger partial charge in [-0.3, -0.25) is 0 Å². The maximum atomic E-state index is 8.25. The first kappa shape index (κ1) is 15.6. The maximum Gasteiger partial charge on any atom is 1.00 e. The van der Waals surface area contributed by atoms with Gasteiger partial charge >= 0.3 is 51.4 Å².